The van der Waals surface area contributed by atoms with Crippen molar-refractivity contribution >= 4 is 11.6 Å². The quantitative estimate of drug-likeness (QED) is 0.913. The summed E-state index contributed by atoms with van der Waals surface area (Å²) in [5.74, 6) is 0.669. The topological polar surface area (TPSA) is 15.3 Å². The average Bonchev–Trinajstić information content (AvgIpc) is 2.91. The van der Waals surface area contributed by atoms with Crippen LogP contribution in [0.3, 0.4) is 0 Å². The normalized spacial score (nSPS) is 36.2. The van der Waals surface area contributed by atoms with Crippen LogP contribution in [-0.4, -0.2) is 36.1 Å². The Kier molecular flexibility index (Phi) is 3.95. The van der Waals surface area contributed by atoms with Crippen molar-refractivity contribution < 1.29 is 0 Å². The van der Waals surface area contributed by atoms with Crippen LogP contribution >= 0.6 is 11.6 Å². The molecule has 4 rings (SSSR count). The van der Waals surface area contributed by atoms with Crippen molar-refractivity contribution in [2.45, 2.75) is 62.6 Å². The van der Waals surface area contributed by atoms with E-state index in [1.54, 1.807) is 0 Å². The van der Waals surface area contributed by atoms with Gasteiger partial charge in [0.15, 0.2) is 0 Å². The lowest BCUT2D eigenvalue weighted by molar-refractivity contribution is 0.146. The standard InChI is InChI=1S/C18H25ClN2/c19-18-6-2-1-5-17(18)13-10-15(11-13)20-14-7-9-21-8-3-4-16(21)12-14/h1-2,5-6,13-16,20H,3-4,7-12H2. The second-order valence-corrected chi connectivity index (χ2v) is 7.51. The van der Waals surface area contributed by atoms with Crippen LogP contribution in [0.2, 0.25) is 5.02 Å². The van der Waals surface area contributed by atoms with Crippen LogP contribution in [0.15, 0.2) is 24.3 Å². The zero-order valence-corrected chi connectivity index (χ0v) is 13.4. The molecule has 1 aromatic rings. The Labute approximate surface area is 132 Å². The maximum Gasteiger partial charge on any atom is 0.0440 e. The van der Waals surface area contributed by atoms with Gasteiger partial charge in [-0.15, -0.1) is 0 Å². The Morgan fingerprint density at radius 2 is 1.86 bits per heavy atom. The molecule has 1 saturated carbocycles. The summed E-state index contributed by atoms with van der Waals surface area (Å²) in [6.07, 6.45) is 8.06. The Bertz CT molecular complexity index is 498. The van der Waals surface area contributed by atoms with Crippen molar-refractivity contribution in [2.24, 2.45) is 0 Å². The number of halogens is 1. The molecule has 114 valence electrons. The molecule has 0 amide bonds. The highest BCUT2D eigenvalue weighted by Crippen LogP contribution is 2.40. The first-order valence-corrected chi connectivity index (χ1v) is 8.92. The van der Waals surface area contributed by atoms with Crippen molar-refractivity contribution in [3.05, 3.63) is 34.9 Å². The van der Waals surface area contributed by atoms with Gasteiger partial charge in [0.1, 0.15) is 0 Å². The molecule has 2 atom stereocenters. The van der Waals surface area contributed by atoms with Gasteiger partial charge >= 0.3 is 0 Å². The van der Waals surface area contributed by atoms with E-state index in [4.69, 9.17) is 11.6 Å². The molecule has 21 heavy (non-hydrogen) atoms. The molecule has 2 nitrogen and oxygen atoms in total. The van der Waals surface area contributed by atoms with Crippen LogP contribution < -0.4 is 5.32 Å². The molecular weight excluding hydrogens is 280 g/mol. The predicted molar refractivity (Wildman–Crippen MR) is 88.0 cm³/mol. The van der Waals surface area contributed by atoms with Crippen LogP contribution in [0.5, 0.6) is 0 Å². The summed E-state index contributed by atoms with van der Waals surface area (Å²) in [4.78, 5) is 2.70. The summed E-state index contributed by atoms with van der Waals surface area (Å²) in [6.45, 7) is 2.65. The second kappa shape index (κ2) is 5.91. The Morgan fingerprint density at radius 1 is 1.00 bits per heavy atom. The highest BCUT2D eigenvalue weighted by molar-refractivity contribution is 6.31. The number of benzene rings is 1. The molecule has 1 aromatic carbocycles. The number of hydrogen-bond donors (Lipinski definition) is 1. The number of fused-ring (bicyclic) bond motifs is 1. The first-order chi connectivity index (χ1) is 10.3. The van der Waals surface area contributed by atoms with Crippen LogP contribution in [0.1, 0.15) is 50.0 Å². The van der Waals surface area contributed by atoms with Crippen molar-refractivity contribution in [2.75, 3.05) is 13.1 Å². The lowest BCUT2D eigenvalue weighted by Crippen LogP contribution is -2.51. The molecule has 0 bridgehead atoms. The van der Waals surface area contributed by atoms with E-state index in [1.165, 1.54) is 57.2 Å². The molecule has 3 aliphatic rings. The molecule has 2 saturated heterocycles. The lowest BCUT2D eigenvalue weighted by atomic mass is 9.75. The van der Waals surface area contributed by atoms with E-state index in [9.17, 15) is 0 Å². The van der Waals surface area contributed by atoms with Crippen molar-refractivity contribution in [1.29, 1.82) is 0 Å². The molecule has 0 radical (unpaired) electrons. The summed E-state index contributed by atoms with van der Waals surface area (Å²) < 4.78 is 0. The molecule has 3 fully saturated rings. The molecule has 3 heteroatoms. The highest BCUT2D eigenvalue weighted by atomic mass is 35.5. The van der Waals surface area contributed by atoms with Crippen LogP contribution in [-0.2, 0) is 0 Å². The molecule has 1 aliphatic carbocycles. The number of nitrogens with zero attached hydrogens (tertiary/aromatic N) is 1. The molecule has 1 N–H and O–H groups in total. The molecular formula is C18H25ClN2. The monoisotopic (exact) mass is 304 g/mol. The van der Waals surface area contributed by atoms with Gasteiger partial charge < -0.3 is 10.2 Å². The Hall–Kier alpha value is -0.570. The second-order valence-electron chi connectivity index (χ2n) is 7.11. The SMILES string of the molecule is Clc1ccccc1C1CC(NC2CCN3CCCC3C2)C1. The van der Waals surface area contributed by atoms with E-state index < -0.39 is 0 Å². The molecule has 0 spiro atoms. The third-order valence-corrected chi connectivity index (χ3v) is 6.12. The van der Waals surface area contributed by atoms with E-state index in [0.29, 0.717) is 12.0 Å². The van der Waals surface area contributed by atoms with Gasteiger partial charge in [0.2, 0.25) is 0 Å². The van der Waals surface area contributed by atoms with E-state index in [-0.39, 0.29) is 0 Å². The number of piperidine rings is 1. The average molecular weight is 305 g/mol. The first-order valence-electron chi connectivity index (χ1n) is 8.54. The third kappa shape index (κ3) is 2.86. The summed E-state index contributed by atoms with van der Waals surface area (Å²) in [5, 5.41) is 4.86. The van der Waals surface area contributed by atoms with E-state index in [0.717, 1.165) is 17.1 Å². The van der Waals surface area contributed by atoms with Crippen LogP contribution in [0, 0.1) is 0 Å². The van der Waals surface area contributed by atoms with Crippen molar-refractivity contribution in [3.8, 4) is 0 Å². The van der Waals surface area contributed by atoms with E-state index in [1.807, 2.05) is 12.1 Å². The predicted octanol–water partition coefficient (Wildman–Crippen LogP) is 3.80. The minimum atomic E-state index is 0.669. The van der Waals surface area contributed by atoms with Gasteiger partial charge in [-0.3, -0.25) is 0 Å². The summed E-state index contributed by atoms with van der Waals surface area (Å²) in [5.41, 5.74) is 1.35. The number of rotatable bonds is 3. The first kappa shape index (κ1) is 14.0. The Morgan fingerprint density at radius 3 is 2.71 bits per heavy atom. The Balaban J connectivity index is 1.28. The summed E-state index contributed by atoms with van der Waals surface area (Å²) in [6, 6.07) is 10.7. The molecule has 0 aromatic heterocycles. The minimum absolute atomic E-state index is 0.669. The van der Waals surface area contributed by atoms with Crippen LogP contribution in [0.25, 0.3) is 0 Å². The van der Waals surface area contributed by atoms with Gasteiger partial charge in [-0.05, 0) is 69.2 Å². The van der Waals surface area contributed by atoms with Gasteiger partial charge in [-0.2, -0.15) is 0 Å². The zero-order chi connectivity index (χ0) is 14.2. The number of nitrogens with one attached hydrogen (secondary N) is 1. The lowest BCUT2D eigenvalue weighted by Gasteiger charge is -2.42. The number of hydrogen-bond acceptors (Lipinski definition) is 2. The largest absolute Gasteiger partial charge is 0.311 e. The molecule has 2 heterocycles. The van der Waals surface area contributed by atoms with Gasteiger partial charge in [-0.1, -0.05) is 29.8 Å². The summed E-state index contributed by atoms with van der Waals surface area (Å²) >= 11 is 6.31. The highest BCUT2D eigenvalue weighted by Gasteiger charge is 2.36. The molecule has 2 unspecified atom stereocenters. The van der Waals surface area contributed by atoms with Gasteiger partial charge in [0, 0.05) is 23.1 Å². The van der Waals surface area contributed by atoms with Gasteiger partial charge in [-0.25, -0.2) is 0 Å². The third-order valence-electron chi connectivity index (χ3n) is 5.77. The molecule has 2 aliphatic heterocycles. The van der Waals surface area contributed by atoms with Crippen LogP contribution in [0.4, 0.5) is 0 Å². The fraction of sp³-hybridized carbons (Fsp3) is 0.667. The summed E-state index contributed by atoms with van der Waals surface area (Å²) in [7, 11) is 0. The smallest absolute Gasteiger partial charge is 0.0440 e. The fourth-order valence-corrected chi connectivity index (χ4v) is 4.81. The maximum atomic E-state index is 6.31. The van der Waals surface area contributed by atoms with E-state index >= 15 is 0 Å². The van der Waals surface area contributed by atoms with Crippen molar-refractivity contribution in [1.82, 2.24) is 10.2 Å². The fourth-order valence-electron chi connectivity index (χ4n) is 4.52. The zero-order valence-electron chi connectivity index (χ0n) is 12.6. The van der Waals surface area contributed by atoms with Gasteiger partial charge in [0.25, 0.3) is 0 Å². The minimum Gasteiger partial charge on any atom is -0.311 e. The van der Waals surface area contributed by atoms with E-state index in [2.05, 4.69) is 22.3 Å². The maximum absolute atomic E-state index is 6.31. The van der Waals surface area contributed by atoms with Crippen molar-refractivity contribution in [3.63, 3.8) is 0 Å². The van der Waals surface area contributed by atoms with Gasteiger partial charge in [0.05, 0.1) is 0 Å².